The Morgan fingerprint density at radius 2 is 2.25 bits per heavy atom. The number of nitrogens with one attached hydrogen (secondary N) is 1. The molecule has 0 aliphatic carbocycles. The monoisotopic (exact) mass is 294 g/mol. The molecule has 0 saturated carbocycles. The summed E-state index contributed by atoms with van der Waals surface area (Å²) in [4.78, 5) is 0. The van der Waals surface area contributed by atoms with Crippen LogP contribution in [0.25, 0.3) is 0 Å². The Bertz CT molecular complexity index is 597. The van der Waals surface area contributed by atoms with E-state index < -0.39 is 0 Å². The van der Waals surface area contributed by atoms with Crippen molar-refractivity contribution in [1.29, 1.82) is 0 Å². The molecule has 108 valence electrons. The van der Waals surface area contributed by atoms with Gasteiger partial charge in [0.1, 0.15) is 5.75 Å². The molecule has 0 fully saturated rings. The van der Waals surface area contributed by atoms with Gasteiger partial charge >= 0.3 is 0 Å². The van der Waals surface area contributed by atoms with E-state index in [1.807, 2.05) is 43.0 Å². The zero-order chi connectivity index (χ0) is 14.7. The van der Waals surface area contributed by atoms with E-state index in [4.69, 9.17) is 22.2 Å². The summed E-state index contributed by atoms with van der Waals surface area (Å²) >= 11 is 6.06. The van der Waals surface area contributed by atoms with E-state index >= 15 is 0 Å². The molecular formula is C14H19ClN4O. The van der Waals surface area contributed by atoms with Crippen LogP contribution in [0.1, 0.15) is 22.9 Å². The molecule has 0 aliphatic rings. The highest BCUT2D eigenvalue weighted by molar-refractivity contribution is 6.30. The third-order valence-electron chi connectivity index (χ3n) is 3.52. The van der Waals surface area contributed by atoms with Crippen molar-refractivity contribution in [3.8, 4) is 5.75 Å². The lowest BCUT2D eigenvalue weighted by Crippen LogP contribution is -2.30. The predicted octanol–water partition coefficient (Wildman–Crippen LogP) is 2.14. The van der Waals surface area contributed by atoms with Gasteiger partial charge in [0.15, 0.2) is 0 Å². The van der Waals surface area contributed by atoms with E-state index in [0.717, 1.165) is 22.6 Å². The fourth-order valence-corrected chi connectivity index (χ4v) is 2.44. The number of ether oxygens (including phenoxy) is 1. The first-order valence-corrected chi connectivity index (χ1v) is 6.71. The fourth-order valence-electron chi connectivity index (χ4n) is 2.24. The van der Waals surface area contributed by atoms with Gasteiger partial charge in [-0.05, 0) is 37.1 Å². The Labute approximate surface area is 123 Å². The number of hydrogen-bond donors (Lipinski definition) is 2. The summed E-state index contributed by atoms with van der Waals surface area (Å²) in [6.07, 6.45) is 2.50. The number of rotatable bonds is 5. The first-order chi connectivity index (χ1) is 9.56. The molecule has 1 heterocycles. The summed E-state index contributed by atoms with van der Waals surface area (Å²) in [5.74, 6) is 6.50. The van der Waals surface area contributed by atoms with Gasteiger partial charge < -0.3 is 4.74 Å². The van der Waals surface area contributed by atoms with Gasteiger partial charge in [-0.2, -0.15) is 5.10 Å². The van der Waals surface area contributed by atoms with Crippen molar-refractivity contribution >= 4 is 11.6 Å². The molecule has 1 atom stereocenters. The topological polar surface area (TPSA) is 65.1 Å². The standard InChI is InChI=1S/C14H19ClN4O/c1-9-12(8-17-19(9)2)13(18-16)7-10-6-11(15)4-5-14(10)20-3/h4-6,8,13,18H,7,16H2,1-3H3. The van der Waals surface area contributed by atoms with Crippen LogP contribution in [-0.2, 0) is 13.5 Å². The second-order valence-corrected chi connectivity index (χ2v) is 5.12. The number of hydrogen-bond acceptors (Lipinski definition) is 4. The molecule has 0 amide bonds. The smallest absolute Gasteiger partial charge is 0.122 e. The summed E-state index contributed by atoms with van der Waals surface area (Å²) in [5, 5.41) is 4.93. The van der Waals surface area contributed by atoms with Crippen molar-refractivity contribution in [3.05, 3.63) is 46.2 Å². The number of methoxy groups -OCH3 is 1. The molecule has 0 bridgehead atoms. The number of nitrogens with two attached hydrogens (primary N) is 1. The molecule has 6 heteroatoms. The van der Waals surface area contributed by atoms with Crippen molar-refractivity contribution in [2.24, 2.45) is 12.9 Å². The first-order valence-electron chi connectivity index (χ1n) is 6.33. The van der Waals surface area contributed by atoms with E-state index in [1.165, 1.54) is 0 Å². The van der Waals surface area contributed by atoms with Crippen molar-refractivity contribution in [2.45, 2.75) is 19.4 Å². The number of halogens is 1. The van der Waals surface area contributed by atoms with Crippen LogP contribution in [-0.4, -0.2) is 16.9 Å². The Morgan fingerprint density at radius 1 is 1.50 bits per heavy atom. The van der Waals surface area contributed by atoms with Crippen molar-refractivity contribution in [1.82, 2.24) is 15.2 Å². The Balaban J connectivity index is 2.31. The zero-order valence-electron chi connectivity index (χ0n) is 11.9. The van der Waals surface area contributed by atoms with E-state index in [2.05, 4.69) is 10.5 Å². The summed E-state index contributed by atoms with van der Waals surface area (Å²) < 4.78 is 7.20. The minimum absolute atomic E-state index is 0.0453. The van der Waals surface area contributed by atoms with E-state index in [-0.39, 0.29) is 6.04 Å². The van der Waals surface area contributed by atoms with Gasteiger partial charge in [-0.3, -0.25) is 16.0 Å². The second-order valence-electron chi connectivity index (χ2n) is 4.69. The van der Waals surface area contributed by atoms with Gasteiger partial charge in [0.05, 0.1) is 19.3 Å². The van der Waals surface area contributed by atoms with Gasteiger partial charge in [-0.1, -0.05) is 11.6 Å². The largest absolute Gasteiger partial charge is 0.496 e. The predicted molar refractivity (Wildman–Crippen MR) is 79.7 cm³/mol. The number of benzene rings is 1. The van der Waals surface area contributed by atoms with Crippen LogP contribution in [0, 0.1) is 6.92 Å². The average molecular weight is 295 g/mol. The van der Waals surface area contributed by atoms with E-state index in [0.29, 0.717) is 11.4 Å². The SMILES string of the molecule is COc1ccc(Cl)cc1CC(NN)c1cnn(C)c1C. The molecule has 3 N–H and O–H groups in total. The summed E-state index contributed by atoms with van der Waals surface area (Å²) in [7, 11) is 3.55. The number of aromatic nitrogens is 2. The minimum Gasteiger partial charge on any atom is -0.496 e. The molecule has 1 aromatic heterocycles. The number of hydrazine groups is 1. The zero-order valence-corrected chi connectivity index (χ0v) is 12.6. The fraction of sp³-hybridized carbons (Fsp3) is 0.357. The lowest BCUT2D eigenvalue weighted by atomic mass is 9.99. The van der Waals surface area contributed by atoms with Gasteiger partial charge in [0, 0.05) is 23.3 Å². The summed E-state index contributed by atoms with van der Waals surface area (Å²) in [5.41, 5.74) is 5.99. The van der Waals surface area contributed by atoms with Crippen LogP contribution in [0.5, 0.6) is 5.75 Å². The molecule has 1 unspecified atom stereocenters. The molecule has 0 saturated heterocycles. The van der Waals surface area contributed by atoms with Crippen LogP contribution in [0.3, 0.4) is 0 Å². The van der Waals surface area contributed by atoms with Crippen LogP contribution in [0.15, 0.2) is 24.4 Å². The molecule has 0 aliphatic heterocycles. The molecule has 0 radical (unpaired) electrons. The quantitative estimate of drug-likeness (QED) is 0.655. The number of aryl methyl sites for hydroxylation is 1. The normalized spacial score (nSPS) is 12.4. The van der Waals surface area contributed by atoms with Crippen molar-refractivity contribution in [2.75, 3.05) is 7.11 Å². The van der Waals surface area contributed by atoms with Gasteiger partial charge in [0.2, 0.25) is 0 Å². The maximum atomic E-state index is 6.06. The Morgan fingerprint density at radius 3 is 2.80 bits per heavy atom. The Hall–Kier alpha value is -1.56. The second kappa shape index (κ2) is 6.26. The molecule has 20 heavy (non-hydrogen) atoms. The molecule has 2 aromatic rings. The maximum Gasteiger partial charge on any atom is 0.122 e. The molecular weight excluding hydrogens is 276 g/mol. The van der Waals surface area contributed by atoms with Crippen LogP contribution in [0.2, 0.25) is 5.02 Å². The highest BCUT2D eigenvalue weighted by Gasteiger charge is 2.18. The van der Waals surface area contributed by atoms with Crippen LogP contribution < -0.4 is 16.0 Å². The third-order valence-corrected chi connectivity index (χ3v) is 3.75. The molecule has 1 aromatic carbocycles. The third kappa shape index (κ3) is 2.95. The maximum absolute atomic E-state index is 6.06. The lowest BCUT2D eigenvalue weighted by molar-refractivity contribution is 0.405. The van der Waals surface area contributed by atoms with E-state index in [9.17, 15) is 0 Å². The minimum atomic E-state index is -0.0453. The van der Waals surface area contributed by atoms with E-state index in [1.54, 1.807) is 7.11 Å². The van der Waals surface area contributed by atoms with Crippen LogP contribution in [0.4, 0.5) is 0 Å². The van der Waals surface area contributed by atoms with Crippen molar-refractivity contribution in [3.63, 3.8) is 0 Å². The summed E-state index contributed by atoms with van der Waals surface area (Å²) in [6, 6.07) is 5.53. The van der Waals surface area contributed by atoms with Gasteiger partial charge in [-0.15, -0.1) is 0 Å². The molecule has 2 rings (SSSR count). The van der Waals surface area contributed by atoms with Gasteiger partial charge in [-0.25, -0.2) is 0 Å². The first kappa shape index (κ1) is 14.8. The molecule has 0 spiro atoms. The Kier molecular flexibility index (Phi) is 4.65. The highest BCUT2D eigenvalue weighted by Crippen LogP contribution is 2.28. The van der Waals surface area contributed by atoms with Gasteiger partial charge in [0.25, 0.3) is 0 Å². The highest BCUT2D eigenvalue weighted by atomic mass is 35.5. The lowest BCUT2D eigenvalue weighted by Gasteiger charge is -2.17. The molecule has 5 nitrogen and oxygen atoms in total. The summed E-state index contributed by atoms with van der Waals surface area (Å²) in [6.45, 7) is 2.02. The number of nitrogens with zero attached hydrogens (tertiary/aromatic N) is 2. The van der Waals surface area contributed by atoms with Crippen LogP contribution >= 0.6 is 11.6 Å². The average Bonchev–Trinajstić information content (AvgIpc) is 2.77. The van der Waals surface area contributed by atoms with Crippen molar-refractivity contribution < 1.29 is 4.74 Å².